The van der Waals surface area contributed by atoms with E-state index in [-0.39, 0.29) is 13.0 Å². The Labute approximate surface area is 120 Å². The third kappa shape index (κ3) is 3.76. The third-order valence-electron chi connectivity index (χ3n) is 2.92. The standard InChI is InChI=1S/C13H15FN4O3/c1-21-10-3-2-8(11(14)5-10)6-18-7-9(16-17-18)4-12(15)13(19)20/h2-3,5,7,12H,4,6,15H2,1H3,(H,19,20). The Morgan fingerprint density at radius 3 is 2.95 bits per heavy atom. The zero-order valence-electron chi connectivity index (χ0n) is 11.4. The Bertz CT molecular complexity index is 644. The molecule has 0 saturated heterocycles. The fourth-order valence-corrected chi connectivity index (χ4v) is 1.78. The normalized spacial score (nSPS) is 12.1. The molecule has 0 aliphatic heterocycles. The monoisotopic (exact) mass is 294 g/mol. The minimum atomic E-state index is -1.11. The minimum Gasteiger partial charge on any atom is -0.497 e. The fourth-order valence-electron chi connectivity index (χ4n) is 1.78. The first kappa shape index (κ1) is 14.9. The molecule has 2 rings (SSSR count). The molecule has 0 fully saturated rings. The number of rotatable bonds is 6. The predicted molar refractivity (Wildman–Crippen MR) is 71.4 cm³/mol. The molecule has 3 N–H and O–H groups in total. The minimum absolute atomic E-state index is 0.0699. The number of ether oxygens (including phenoxy) is 1. The van der Waals surface area contributed by atoms with Gasteiger partial charge in [0, 0.05) is 24.2 Å². The van der Waals surface area contributed by atoms with Crippen LogP contribution in [-0.2, 0) is 17.8 Å². The van der Waals surface area contributed by atoms with Gasteiger partial charge in [0.15, 0.2) is 0 Å². The van der Waals surface area contributed by atoms with E-state index < -0.39 is 17.8 Å². The van der Waals surface area contributed by atoms with Crippen LogP contribution in [0.1, 0.15) is 11.3 Å². The highest BCUT2D eigenvalue weighted by Gasteiger charge is 2.14. The lowest BCUT2D eigenvalue weighted by atomic mass is 10.2. The first-order valence-electron chi connectivity index (χ1n) is 6.19. The summed E-state index contributed by atoms with van der Waals surface area (Å²) in [5.41, 5.74) is 6.29. The summed E-state index contributed by atoms with van der Waals surface area (Å²) < 4.78 is 20.2. The van der Waals surface area contributed by atoms with Gasteiger partial charge < -0.3 is 15.6 Å². The van der Waals surface area contributed by atoms with Crippen molar-refractivity contribution in [3.63, 3.8) is 0 Å². The van der Waals surface area contributed by atoms with E-state index in [0.717, 1.165) is 0 Å². The Kier molecular flexibility index (Phi) is 4.49. The van der Waals surface area contributed by atoms with Gasteiger partial charge in [0.05, 0.1) is 19.3 Å². The molecule has 7 nitrogen and oxygen atoms in total. The van der Waals surface area contributed by atoms with Gasteiger partial charge >= 0.3 is 5.97 Å². The van der Waals surface area contributed by atoms with Crippen LogP contribution < -0.4 is 10.5 Å². The number of methoxy groups -OCH3 is 1. The largest absolute Gasteiger partial charge is 0.497 e. The topological polar surface area (TPSA) is 103 Å². The number of aliphatic carboxylic acids is 1. The summed E-state index contributed by atoms with van der Waals surface area (Å²) in [7, 11) is 1.46. The molecule has 0 radical (unpaired) electrons. The average Bonchev–Trinajstić information content (AvgIpc) is 2.88. The van der Waals surface area contributed by atoms with E-state index in [0.29, 0.717) is 17.0 Å². The number of aromatic nitrogens is 3. The number of hydrogen-bond acceptors (Lipinski definition) is 5. The Morgan fingerprint density at radius 1 is 1.57 bits per heavy atom. The maximum absolute atomic E-state index is 13.8. The van der Waals surface area contributed by atoms with Gasteiger partial charge in [-0.1, -0.05) is 11.3 Å². The summed E-state index contributed by atoms with van der Waals surface area (Å²) in [5, 5.41) is 16.4. The maximum atomic E-state index is 13.8. The second kappa shape index (κ2) is 6.31. The zero-order valence-corrected chi connectivity index (χ0v) is 11.4. The van der Waals surface area contributed by atoms with Gasteiger partial charge in [0.1, 0.15) is 17.6 Å². The number of benzene rings is 1. The molecular formula is C13H15FN4O3. The van der Waals surface area contributed by atoms with Crippen molar-refractivity contribution in [3.05, 3.63) is 41.5 Å². The smallest absolute Gasteiger partial charge is 0.320 e. The van der Waals surface area contributed by atoms with Crippen molar-refractivity contribution >= 4 is 5.97 Å². The highest BCUT2D eigenvalue weighted by molar-refractivity contribution is 5.73. The van der Waals surface area contributed by atoms with Crippen LogP contribution in [0, 0.1) is 5.82 Å². The fraction of sp³-hybridized carbons (Fsp3) is 0.308. The van der Waals surface area contributed by atoms with Crippen molar-refractivity contribution in [2.24, 2.45) is 5.73 Å². The van der Waals surface area contributed by atoms with Crippen molar-refractivity contribution < 1.29 is 19.0 Å². The van der Waals surface area contributed by atoms with E-state index in [1.54, 1.807) is 18.3 Å². The summed E-state index contributed by atoms with van der Waals surface area (Å²) in [5.74, 6) is -1.08. The van der Waals surface area contributed by atoms with Crippen LogP contribution in [0.15, 0.2) is 24.4 Å². The van der Waals surface area contributed by atoms with Crippen LogP contribution in [-0.4, -0.2) is 39.2 Å². The van der Waals surface area contributed by atoms with Gasteiger partial charge in [-0.25, -0.2) is 9.07 Å². The molecule has 1 atom stereocenters. The molecular weight excluding hydrogens is 279 g/mol. The highest BCUT2D eigenvalue weighted by Crippen LogP contribution is 2.17. The summed E-state index contributed by atoms with van der Waals surface area (Å²) in [6.45, 7) is 0.186. The van der Waals surface area contributed by atoms with Gasteiger partial charge in [0.25, 0.3) is 0 Å². The lowest BCUT2D eigenvalue weighted by molar-refractivity contribution is -0.138. The SMILES string of the molecule is COc1ccc(Cn2cc(CC(N)C(=O)O)nn2)c(F)c1. The molecule has 112 valence electrons. The lowest BCUT2D eigenvalue weighted by Gasteiger charge is -2.05. The van der Waals surface area contributed by atoms with Crippen LogP contribution in [0.2, 0.25) is 0 Å². The van der Waals surface area contributed by atoms with Crippen molar-refractivity contribution in [1.82, 2.24) is 15.0 Å². The van der Waals surface area contributed by atoms with E-state index in [9.17, 15) is 9.18 Å². The van der Waals surface area contributed by atoms with Gasteiger partial charge in [-0.3, -0.25) is 4.79 Å². The Morgan fingerprint density at radius 2 is 2.33 bits per heavy atom. The van der Waals surface area contributed by atoms with Crippen LogP contribution in [0.3, 0.4) is 0 Å². The number of carboxylic acid groups (broad SMARTS) is 1. The molecule has 2 aromatic rings. The van der Waals surface area contributed by atoms with Crippen molar-refractivity contribution in [2.75, 3.05) is 7.11 Å². The van der Waals surface area contributed by atoms with Crippen LogP contribution in [0.4, 0.5) is 4.39 Å². The number of nitrogens with zero attached hydrogens (tertiary/aromatic N) is 3. The average molecular weight is 294 g/mol. The molecule has 0 spiro atoms. The zero-order chi connectivity index (χ0) is 15.4. The van der Waals surface area contributed by atoms with Crippen LogP contribution in [0.25, 0.3) is 0 Å². The summed E-state index contributed by atoms with van der Waals surface area (Å²) in [6.07, 6.45) is 1.62. The van der Waals surface area contributed by atoms with Gasteiger partial charge in [-0.05, 0) is 6.07 Å². The van der Waals surface area contributed by atoms with E-state index >= 15 is 0 Å². The lowest BCUT2D eigenvalue weighted by Crippen LogP contribution is -2.32. The highest BCUT2D eigenvalue weighted by atomic mass is 19.1. The van der Waals surface area contributed by atoms with Gasteiger partial charge in [0.2, 0.25) is 0 Å². The van der Waals surface area contributed by atoms with E-state index in [4.69, 9.17) is 15.6 Å². The number of halogens is 1. The van der Waals surface area contributed by atoms with E-state index in [1.165, 1.54) is 17.9 Å². The predicted octanol–water partition coefficient (Wildman–Crippen LogP) is 0.428. The number of hydrogen-bond donors (Lipinski definition) is 2. The molecule has 0 amide bonds. The van der Waals surface area contributed by atoms with Crippen molar-refractivity contribution in [2.45, 2.75) is 19.0 Å². The first-order chi connectivity index (χ1) is 9.99. The molecule has 0 aliphatic rings. The summed E-state index contributed by atoms with van der Waals surface area (Å²) in [4.78, 5) is 10.7. The molecule has 0 bridgehead atoms. The van der Waals surface area contributed by atoms with E-state index in [1.807, 2.05) is 0 Å². The number of carboxylic acids is 1. The van der Waals surface area contributed by atoms with Gasteiger partial charge in [-0.15, -0.1) is 5.10 Å². The molecule has 0 saturated carbocycles. The Balaban J connectivity index is 2.07. The van der Waals surface area contributed by atoms with Crippen LogP contribution in [0.5, 0.6) is 5.75 Å². The molecule has 8 heteroatoms. The second-order valence-electron chi connectivity index (χ2n) is 4.51. The summed E-state index contributed by atoms with van der Waals surface area (Å²) >= 11 is 0. The van der Waals surface area contributed by atoms with Crippen molar-refractivity contribution in [3.8, 4) is 5.75 Å². The molecule has 0 aliphatic carbocycles. The Hall–Kier alpha value is -2.48. The number of carbonyl (C=O) groups is 1. The second-order valence-corrected chi connectivity index (χ2v) is 4.51. The molecule has 21 heavy (non-hydrogen) atoms. The molecule has 1 unspecified atom stereocenters. The van der Waals surface area contributed by atoms with Gasteiger partial charge in [-0.2, -0.15) is 0 Å². The first-order valence-corrected chi connectivity index (χ1v) is 6.19. The maximum Gasteiger partial charge on any atom is 0.320 e. The van der Waals surface area contributed by atoms with Crippen molar-refractivity contribution in [1.29, 1.82) is 0 Å². The summed E-state index contributed by atoms with van der Waals surface area (Å²) in [6, 6.07) is 3.50. The molecule has 1 aromatic heterocycles. The third-order valence-corrected chi connectivity index (χ3v) is 2.92. The molecule has 1 heterocycles. The quantitative estimate of drug-likeness (QED) is 0.800. The number of nitrogens with two attached hydrogens (primary N) is 1. The van der Waals surface area contributed by atoms with Crippen LogP contribution >= 0.6 is 0 Å². The van der Waals surface area contributed by atoms with E-state index in [2.05, 4.69) is 10.3 Å². The molecule has 1 aromatic carbocycles.